The molecule has 146 valence electrons. The van der Waals surface area contributed by atoms with Crippen LogP contribution >= 0.6 is 0 Å². The summed E-state index contributed by atoms with van der Waals surface area (Å²) in [5, 5.41) is 14.9. The zero-order valence-electron chi connectivity index (χ0n) is 15.8. The van der Waals surface area contributed by atoms with Gasteiger partial charge in [-0.1, -0.05) is 19.9 Å². The van der Waals surface area contributed by atoms with Crippen molar-refractivity contribution < 1.29 is 9.18 Å². The molecule has 1 aromatic heterocycles. The fourth-order valence-electron chi connectivity index (χ4n) is 3.18. The second kappa shape index (κ2) is 8.90. The summed E-state index contributed by atoms with van der Waals surface area (Å²) in [4.78, 5) is 16.4. The lowest BCUT2D eigenvalue weighted by molar-refractivity contribution is 0.130. The fraction of sp³-hybridized carbons (Fsp3) is 0.556. The molecular formula is C18H26FN7O. The molecule has 3 rings (SSSR count). The highest BCUT2D eigenvalue weighted by Gasteiger charge is 2.23. The first kappa shape index (κ1) is 19.2. The molecule has 0 atom stereocenters. The predicted octanol–water partition coefficient (Wildman–Crippen LogP) is 1.82. The second-order valence-electron chi connectivity index (χ2n) is 6.71. The van der Waals surface area contributed by atoms with Crippen molar-refractivity contribution in [2.24, 2.45) is 0 Å². The van der Waals surface area contributed by atoms with Crippen LogP contribution in [0.15, 0.2) is 24.3 Å². The molecule has 0 spiro atoms. The van der Waals surface area contributed by atoms with E-state index in [-0.39, 0.29) is 17.9 Å². The van der Waals surface area contributed by atoms with Gasteiger partial charge in [0.2, 0.25) is 0 Å². The molecule has 1 saturated heterocycles. The van der Waals surface area contributed by atoms with Crippen molar-refractivity contribution in [2.45, 2.75) is 39.3 Å². The zero-order valence-corrected chi connectivity index (χ0v) is 15.8. The summed E-state index contributed by atoms with van der Waals surface area (Å²) in [6.45, 7) is 7.51. The normalized spacial score (nSPS) is 15.3. The van der Waals surface area contributed by atoms with Gasteiger partial charge in [-0.3, -0.25) is 4.90 Å². The Morgan fingerprint density at radius 3 is 2.63 bits per heavy atom. The van der Waals surface area contributed by atoms with E-state index in [1.165, 1.54) is 12.1 Å². The number of piperazine rings is 1. The highest BCUT2D eigenvalue weighted by Crippen LogP contribution is 2.13. The molecular weight excluding hydrogens is 349 g/mol. The third kappa shape index (κ3) is 4.79. The summed E-state index contributed by atoms with van der Waals surface area (Å²) in [6, 6.07) is 6.43. The lowest BCUT2D eigenvalue weighted by Crippen LogP contribution is -2.53. The van der Waals surface area contributed by atoms with Gasteiger partial charge >= 0.3 is 6.03 Å². The van der Waals surface area contributed by atoms with Gasteiger partial charge in [0.25, 0.3) is 0 Å². The topological polar surface area (TPSA) is 79.2 Å². The van der Waals surface area contributed by atoms with Gasteiger partial charge in [-0.15, -0.1) is 5.10 Å². The SMILES string of the molecule is CCC(CC)NC(=O)N1CCN(Cc2nnnn2-c2cccc(F)c2)CC1. The first-order valence-electron chi connectivity index (χ1n) is 9.41. The second-order valence-corrected chi connectivity index (χ2v) is 6.71. The molecule has 1 aliphatic rings. The highest BCUT2D eigenvalue weighted by atomic mass is 19.1. The van der Waals surface area contributed by atoms with Gasteiger partial charge in [0.1, 0.15) is 5.82 Å². The quantitative estimate of drug-likeness (QED) is 0.833. The Morgan fingerprint density at radius 1 is 1.22 bits per heavy atom. The summed E-state index contributed by atoms with van der Waals surface area (Å²) >= 11 is 0. The lowest BCUT2D eigenvalue weighted by atomic mass is 10.2. The van der Waals surface area contributed by atoms with Gasteiger partial charge in [-0.05, 0) is 41.5 Å². The summed E-state index contributed by atoms with van der Waals surface area (Å²) in [5.74, 6) is 0.321. The smallest absolute Gasteiger partial charge is 0.317 e. The number of carbonyl (C=O) groups is 1. The minimum Gasteiger partial charge on any atom is -0.335 e. The Bertz CT molecular complexity index is 754. The first-order chi connectivity index (χ1) is 13.1. The average Bonchev–Trinajstić information content (AvgIpc) is 3.14. The van der Waals surface area contributed by atoms with E-state index in [0.717, 1.165) is 25.9 Å². The molecule has 0 unspecified atom stereocenters. The van der Waals surface area contributed by atoms with Crippen molar-refractivity contribution in [1.29, 1.82) is 0 Å². The van der Waals surface area contributed by atoms with Crippen LogP contribution in [-0.4, -0.2) is 68.3 Å². The van der Waals surface area contributed by atoms with E-state index in [1.807, 2.05) is 4.90 Å². The van der Waals surface area contributed by atoms with E-state index in [2.05, 4.69) is 39.6 Å². The van der Waals surface area contributed by atoms with Crippen LogP contribution in [0.4, 0.5) is 9.18 Å². The Kier molecular flexibility index (Phi) is 6.33. The van der Waals surface area contributed by atoms with Crippen LogP contribution in [0.3, 0.4) is 0 Å². The lowest BCUT2D eigenvalue weighted by Gasteiger charge is -2.35. The number of aromatic nitrogens is 4. The number of hydrogen-bond donors (Lipinski definition) is 1. The van der Waals surface area contributed by atoms with Crippen molar-refractivity contribution in [2.75, 3.05) is 26.2 Å². The number of tetrazole rings is 1. The summed E-state index contributed by atoms with van der Waals surface area (Å²) in [6.07, 6.45) is 1.87. The molecule has 2 amide bonds. The molecule has 0 bridgehead atoms. The molecule has 0 saturated carbocycles. The summed E-state index contributed by atoms with van der Waals surface area (Å²) in [7, 11) is 0. The summed E-state index contributed by atoms with van der Waals surface area (Å²) in [5.41, 5.74) is 0.596. The van der Waals surface area contributed by atoms with E-state index in [9.17, 15) is 9.18 Å². The van der Waals surface area contributed by atoms with Gasteiger partial charge < -0.3 is 10.2 Å². The summed E-state index contributed by atoms with van der Waals surface area (Å²) < 4.78 is 15.0. The van der Waals surface area contributed by atoms with Gasteiger partial charge in [0.05, 0.1) is 12.2 Å². The third-order valence-corrected chi connectivity index (χ3v) is 4.92. The maximum Gasteiger partial charge on any atom is 0.317 e. The molecule has 1 N–H and O–H groups in total. The third-order valence-electron chi connectivity index (χ3n) is 4.92. The highest BCUT2D eigenvalue weighted by molar-refractivity contribution is 5.74. The van der Waals surface area contributed by atoms with E-state index in [1.54, 1.807) is 16.8 Å². The monoisotopic (exact) mass is 375 g/mol. The standard InChI is InChI=1S/C18H26FN7O/c1-3-15(4-2)20-18(27)25-10-8-24(9-11-25)13-17-21-22-23-26(17)16-7-5-6-14(19)12-16/h5-7,12,15H,3-4,8-11,13H2,1-2H3,(H,20,27). The molecule has 1 fully saturated rings. The van der Waals surface area contributed by atoms with Crippen LogP contribution in [0, 0.1) is 5.82 Å². The van der Waals surface area contributed by atoms with Gasteiger partial charge in [0.15, 0.2) is 5.82 Å². The molecule has 9 heteroatoms. The van der Waals surface area contributed by atoms with Crippen LogP contribution in [0.25, 0.3) is 5.69 Å². The van der Waals surface area contributed by atoms with Crippen molar-refractivity contribution in [3.8, 4) is 5.69 Å². The zero-order chi connectivity index (χ0) is 19.2. The Balaban J connectivity index is 1.56. The molecule has 0 radical (unpaired) electrons. The molecule has 8 nitrogen and oxygen atoms in total. The van der Waals surface area contributed by atoms with Gasteiger partial charge in [-0.2, -0.15) is 4.68 Å². The molecule has 0 aliphatic carbocycles. The number of benzene rings is 1. The molecule has 1 aromatic carbocycles. The minimum atomic E-state index is -0.328. The van der Waals surface area contributed by atoms with Crippen LogP contribution in [0.5, 0.6) is 0 Å². The van der Waals surface area contributed by atoms with Crippen molar-refractivity contribution in [3.63, 3.8) is 0 Å². The first-order valence-corrected chi connectivity index (χ1v) is 9.41. The van der Waals surface area contributed by atoms with E-state index >= 15 is 0 Å². The van der Waals surface area contributed by atoms with Crippen molar-refractivity contribution in [1.82, 2.24) is 35.3 Å². The number of urea groups is 1. The molecule has 2 heterocycles. The molecule has 2 aromatic rings. The van der Waals surface area contributed by atoms with Crippen molar-refractivity contribution in [3.05, 3.63) is 35.9 Å². The maximum absolute atomic E-state index is 13.5. The number of amides is 2. The van der Waals surface area contributed by atoms with E-state index in [0.29, 0.717) is 31.1 Å². The van der Waals surface area contributed by atoms with Crippen molar-refractivity contribution >= 4 is 6.03 Å². The van der Waals surface area contributed by atoms with E-state index < -0.39 is 0 Å². The Morgan fingerprint density at radius 2 is 1.96 bits per heavy atom. The largest absolute Gasteiger partial charge is 0.335 e. The number of nitrogens with one attached hydrogen (secondary N) is 1. The fourth-order valence-corrected chi connectivity index (χ4v) is 3.18. The number of nitrogens with zero attached hydrogens (tertiary/aromatic N) is 6. The minimum absolute atomic E-state index is 0.00736. The number of rotatable bonds is 6. The van der Waals surface area contributed by atoms with Crippen LogP contribution in [0.2, 0.25) is 0 Å². The van der Waals surface area contributed by atoms with E-state index in [4.69, 9.17) is 0 Å². The van der Waals surface area contributed by atoms with Crippen LogP contribution in [-0.2, 0) is 6.54 Å². The Hall–Kier alpha value is -2.55. The average molecular weight is 375 g/mol. The number of halogens is 1. The van der Waals surface area contributed by atoms with Gasteiger partial charge in [0, 0.05) is 32.2 Å². The van der Waals surface area contributed by atoms with Gasteiger partial charge in [-0.25, -0.2) is 9.18 Å². The number of hydrogen-bond acceptors (Lipinski definition) is 5. The predicted molar refractivity (Wildman–Crippen MR) is 98.9 cm³/mol. The maximum atomic E-state index is 13.5. The van der Waals surface area contributed by atoms with Crippen LogP contribution in [0.1, 0.15) is 32.5 Å². The Labute approximate surface area is 158 Å². The number of carbonyl (C=O) groups excluding carboxylic acids is 1. The molecule has 27 heavy (non-hydrogen) atoms. The van der Waals surface area contributed by atoms with Crippen LogP contribution < -0.4 is 5.32 Å². The molecule has 1 aliphatic heterocycles.